The number of hydrogen-bond donors (Lipinski definition) is 1. The van der Waals surface area contributed by atoms with Crippen molar-refractivity contribution in [2.75, 3.05) is 5.32 Å². The number of aryl methyl sites for hydroxylation is 2. The first-order valence-corrected chi connectivity index (χ1v) is 6.96. The highest BCUT2D eigenvalue weighted by atomic mass is 16.1. The van der Waals surface area contributed by atoms with Crippen molar-refractivity contribution >= 4 is 11.7 Å². The molecule has 5 nitrogen and oxygen atoms in total. The van der Waals surface area contributed by atoms with Gasteiger partial charge in [-0.1, -0.05) is 24.3 Å². The third kappa shape index (κ3) is 2.74. The molecule has 0 fully saturated rings. The van der Waals surface area contributed by atoms with Crippen molar-refractivity contribution < 1.29 is 4.79 Å². The molecule has 0 unspecified atom stereocenters. The van der Waals surface area contributed by atoms with E-state index in [2.05, 4.69) is 15.4 Å². The Labute approximate surface area is 128 Å². The van der Waals surface area contributed by atoms with Crippen molar-refractivity contribution in [3.05, 3.63) is 66.0 Å². The maximum absolute atomic E-state index is 12.2. The fourth-order valence-electron chi connectivity index (χ4n) is 2.26. The molecule has 1 amide bonds. The Hall–Kier alpha value is -2.95. The zero-order valence-electron chi connectivity index (χ0n) is 12.4. The second-order valence-corrected chi connectivity index (χ2v) is 5.05. The molecule has 0 atom stereocenters. The van der Waals surface area contributed by atoms with Gasteiger partial charge in [-0.15, -0.1) is 0 Å². The summed E-state index contributed by atoms with van der Waals surface area (Å²) in [6, 6.07) is 13.4. The Kier molecular flexibility index (Phi) is 3.70. The van der Waals surface area contributed by atoms with Crippen molar-refractivity contribution in [3.63, 3.8) is 0 Å². The SMILES string of the molecule is Cc1ccccc1-c1cc(NC(=O)c2cccnc2)n(C)n1. The lowest BCUT2D eigenvalue weighted by Gasteiger charge is -2.04. The second-order valence-electron chi connectivity index (χ2n) is 5.05. The largest absolute Gasteiger partial charge is 0.307 e. The molecule has 1 aromatic carbocycles. The number of hydrogen-bond acceptors (Lipinski definition) is 3. The van der Waals surface area contributed by atoms with Gasteiger partial charge in [-0.05, 0) is 24.6 Å². The average Bonchev–Trinajstić information content (AvgIpc) is 2.89. The summed E-state index contributed by atoms with van der Waals surface area (Å²) in [5.74, 6) is 0.444. The highest BCUT2D eigenvalue weighted by molar-refractivity contribution is 6.03. The van der Waals surface area contributed by atoms with Gasteiger partial charge in [0.15, 0.2) is 0 Å². The Morgan fingerprint density at radius 2 is 2.00 bits per heavy atom. The van der Waals surface area contributed by atoms with Crippen LogP contribution in [0.15, 0.2) is 54.9 Å². The van der Waals surface area contributed by atoms with Crippen molar-refractivity contribution in [2.45, 2.75) is 6.92 Å². The molecule has 0 bridgehead atoms. The summed E-state index contributed by atoms with van der Waals surface area (Å²) in [5.41, 5.74) is 3.55. The third-order valence-corrected chi connectivity index (χ3v) is 3.47. The van der Waals surface area contributed by atoms with Crippen LogP contribution in [-0.2, 0) is 7.05 Å². The first-order chi connectivity index (χ1) is 10.6. The first-order valence-electron chi connectivity index (χ1n) is 6.96. The van der Waals surface area contributed by atoms with Gasteiger partial charge < -0.3 is 5.32 Å². The number of pyridine rings is 1. The molecule has 3 aromatic rings. The molecule has 0 aliphatic rings. The monoisotopic (exact) mass is 292 g/mol. The number of carbonyl (C=O) groups excluding carboxylic acids is 1. The van der Waals surface area contributed by atoms with E-state index in [0.29, 0.717) is 11.4 Å². The molecule has 0 aliphatic carbocycles. The molecule has 0 aliphatic heterocycles. The molecule has 22 heavy (non-hydrogen) atoms. The predicted molar refractivity (Wildman–Crippen MR) is 85.6 cm³/mol. The Morgan fingerprint density at radius 3 is 2.73 bits per heavy atom. The predicted octanol–water partition coefficient (Wildman–Crippen LogP) is 3.04. The van der Waals surface area contributed by atoms with E-state index >= 15 is 0 Å². The third-order valence-electron chi connectivity index (χ3n) is 3.47. The lowest BCUT2D eigenvalue weighted by molar-refractivity contribution is 0.102. The number of nitrogens with zero attached hydrogens (tertiary/aromatic N) is 3. The van der Waals surface area contributed by atoms with Crippen molar-refractivity contribution in [1.82, 2.24) is 14.8 Å². The molecule has 2 aromatic heterocycles. The molecule has 5 heteroatoms. The summed E-state index contributed by atoms with van der Waals surface area (Å²) in [4.78, 5) is 16.1. The van der Waals surface area contributed by atoms with Crippen LogP contribution in [0.1, 0.15) is 15.9 Å². The molecule has 3 rings (SSSR count). The quantitative estimate of drug-likeness (QED) is 0.807. The number of anilines is 1. The topological polar surface area (TPSA) is 59.8 Å². The number of carbonyl (C=O) groups is 1. The van der Waals surface area contributed by atoms with Crippen molar-refractivity contribution in [3.8, 4) is 11.3 Å². The number of amides is 1. The molecular formula is C17H16N4O. The summed E-state index contributed by atoms with van der Waals surface area (Å²) >= 11 is 0. The highest BCUT2D eigenvalue weighted by Crippen LogP contribution is 2.24. The van der Waals surface area contributed by atoms with E-state index in [0.717, 1.165) is 16.8 Å². The minimum Gasteiger partial charge on any atom is -0.307 e. The standard InChI is InChI=1S/C17H16N4O/c1-12-6-3-4-8-14(12)15-10-16(21(2)20-15)19-17(22)13-7-5-9-18-11-13/h3-11H,1-2H3,(H,19,22). The molecular weight excluding hydrogens is 276 g/mol. The zero-order valence-corrected chi connectivity index (χ0v) is 12.4. The van der Waals surface area contributed by atoms with Gasteiger partial charge >= 0.3 is 0 Å². The van der Waals surface area contributed by atoms with E-state index in [-0.39, 0.29) is 5.91 Å². The van der Waals surface area contributed by atoms with Crippen LogP contribution in [0.25, 0.3) is 11.3 Å². The summed E-state index contributed by atoms with van der Waals surface area (Å²) in [5, 5.41) is 7.33. The van der Waals surface area contributed by atoms with E-state index in [4.69, 9.17) is 0 Å². The van der Waals surface area contributed by atoms with Crippen LogP contribution < -0.4 is 5.32 Å². The zero-order chi connectivity index (χ0) is 15.5. The number of aromatic nitrogens is 3. The molecule has 2 heterocycles. The van der Waals surface area contributed by atoms with E-state index < -0.39 is 0 Å². The first kappa shape index (κ1) is 14.0. The lowest BCUT2D eigenvalue weighted by Crippen LogP contribution is -2.14. The summed E-state index contributed by atoms with van der Waals surface area (Å²) in [6.45, 7) is 2.04. The fraction of sp³-hybridized carbons (Fsp3) is 0.118. The molecule has 0 spiro atoms. The van der Waals surface area contributed by atoms with Crippen LogP contribution >= 0.6 is 0 Å². The van der Waals surface area contributed by atoms with Crippen LogP contribution in [0, 0.1) is 6.92 Å². The molecule has 0 radical (unpaired) electrons. The van der Waals surface area contributed by atoms with Gasteiger partial charge in [-0.25, -0.2) is 0 Å². The van der Waals surface area contributed by atoms with Gasteiger partial charge in [-0.2, -0.15) is 5.10 Å². The maximum Gasteiger partial charge on any atom is 0.258 e. The summed E-state index contributed by atoms with van der Waals surface area (Å²) in [6.07, 6.45) is 3.17. The summed E-state index contributed by atoms with van der Waals surface area (Å²) < 4.78 is 1.66. The summed E-state index contributed by atoms with van der Waals surface area (Å²) in [7, 11) is 1.81. The van der Waals surface area contributed by atoms with Gasteiger partial charge in [0.25, 0.3) is 5.91 Å². The van der Waals surface area contributed by atoms with Crippen molar-refractivity contribution in [1.29, 1.82) is 0 Å². The Balaban J connectivity index is 1.87. The number of benzene rings is 1. The fourth-order valence-corrected chi connectivity index (χ4v) is 2.26. The average molecular weight is 292 g/mol. The smallest absolute Gasteiger partial charge is 0.258 e. The Morgan fingerprint density at radius 1 is 1.18 bits per heavy atom. The van der Waals surface area contributed by atoms with E-state index in [1.807, 2.05) is 37.3 Å². The number of rotatable bonds is 3. The normalized spacial score (nSPS) is 10.5. The van der Waals surface area contributed by atoms with E-state index in [9.17, 15) is 4.79 Å². The molecule has 110 valence electrons. The minimum absolute atomic E-state index is 0.201. The van der Waals surface area contributed by atoms with Gasteiger partial charge in [0.05, 0.1) is 11.3 Å². The van der Waals surface area contributed by atoms with Gasteiger partial charge in [-0.3, -0.25) is 14.5 Å². The highest BCUT2D eigenvalue weighted by Gasteiger charge is 2.12. The molecule has 0 saturated heterocycles. The van der Waals surface area contributed by atoms with E-state index in [1.165, 1.54) is 6.20 Å². The second kappa shape index (κ2) is 5.81. The molecule has 1 N–H and O–H groups in total. The molecule has 0 saturated carbocycles. The van der Waals surface area contributed by atoms with Crippen molar-refractivity contribution in [2.24, 2.45) is 7.05 Å². The van der Waals surface area contributed by atoms with Crippen LogP contribution in [-0.4, -0.2) is 20.7 Å². The van der Waals surface area contributed by atoms with Crippen LogP contribution in [0.3, 0.4) is 0 Å². The van der Waals surface area contributed by atoms with Crippen LogP contribution in [0.5, 0.6) is 0 Å². The Bertz CT molecular complexity index is 809. The van der Waals surface area contributed by atoms with Gasteiger partial charge in [0, 0.05) is 31.1 Å². The maximum atomic E-state index is 12.2. The van der Waals surface area contributed by atoms with Crippen LogP contribution in [0.2, 0.25) is 0 Å². The minimum atomic E-state index is -0.201. The lowest BCUT2D eigenvalue weighted by atomic mass is 10.1. The van der Waals surface area contributed by atoms with Gasteiger partial charge in [0.2, 0.25) is 0 Å². The van der Waals surface area contributed by atoms with E-state index in [1.54, 1.807) is 30.1 Å². The van der Waals surface area contributed by atoms with Gasteiger partial charge in [0.1, 0.15) is 5.82 Å². The van der Waals surface area contributed by atoms with Crippen LogP contribution in [0.4, 0.5) is 5.82 Å². The number of nitrogens with one attached hydrogen (secondary N) is 1.